The zero-order valence-electron chi connectivity index (χ0n) is 18.6. The Morgan fingerprint density at radius 3 is 2.24 bits per heavy atom. The van der Waals surface area contributed by atoms with Crippen LogP contribution in [0.1, 0.15) is 41.5 Å². The number of esters is 1. The van der Waals surface area contributed by atoms with Crippen LogP contribution in [0, 0.1) is 6.92 Å². The average molecular weight is 482 g/mol. The van der Waals surface area contributed by atoms with Crippen molar-refractivity contribution in [2.75, 3.05) is 31.8 Å². The molecule has 2 N–H and O–H groups in total. The molecule has 3 rings (SSSR count). The average Bonchev–Trinajstić information content (AvgIpc) is 3.13. The Bertz CT molecular complexity index is 1220. The number of para-hydroxylation sites is 1. The third-order valence-corrected chi connectivity index (χ3v) is 6.22. The quantitative estimate of drug-likeness (QED) is 0.303. The lowest BCUT2D eigenvalue weighted by Crippen LogP contribution is -2.21. The van der Waals surface area contributed by atoms with Gasteiger partial charge in [-0.15, -0.1) is 11.3 Å². The van der Waals surface area contributed by atoms with E-state index in [1.54, 1.807) is 69.6 Å². The molecule has 2 aromatic carbocycles. The molecule has 1 heterocycles. The monoisotopic (exact) mass is 481 g/mol. The van der Waals surface area contributed by atoms with Crippen LogP contribution in [0.15, 0.2) is 54.6 Å². The van der Waals surface area contributed by atoms with Gasteiger partial charge < -0.3 is 20.3 Å². The van der Waals surface area contributed by atoms with E-state index < -0.39 is 5.97 Å². The van der Waals surface area contributed by atoms with Crippen LogP contribution in [-0.2, 0) is 4.74 Å². The van der Waals surface area contributed by atoms with Gasteiger partial charge in [-0.05, 0) is 36.8 Å². The fraction of sp³-hybridized carbons (Fsp3) is 0.167. The predicted octanol–water partition coefficient (Wildman–Crippen LogP) is 4.58. The second kappa shape index (κ2) is 10.4. The fourth-order valence-corrected chi connectivity index (χ4v) is 4.65. The summed E-state index contributed by atoms with van der Waals surface area (Å²) < 4.78 is 4.91. The van der Waals surface area contributed by atoms with Gasteiger partial charge in [0, 0.05) is 25.2 Å². The van der Waals surface area contributed by atoms with Gasteiger partial charge in [-0.25, -0.2) is 4.79 Å². The fourth-order valence-electron chi connectivity index (χ4n) is 3.15. The lowest BCUT2D eigenvalue weighted by Gasteiger charge is -2.14. The summed E-state index contributed by atoms with van der Waals surface area (Å²) in [6.07, 6.45) is 0. The lowest BCUT2D eigenvalue weighted by atomic mass is 10.0. The molecule has 0 aliphatic carbocycles. The molecule has 7 nitrogen and oxygen atoms in total. The van der Waals surface area contributed by atoms with Gasteiger partial charge in [-0.2, -0.15) is 0 Å². The summed E-state index contributed by atoms with van der Waals surface area (Å²) in [7, 11) is 4.55. The van der Waals surface area contributed by atoms with Crippen molar-refractivity contribution in [1.82, 2.24) is 4.90 Å². The molecule has 0 radical (unpaired) electrons. The smallest absolute Gasteiger partial charge is 0.341 e. The summed E-state index contributed by atoms with van der Waals surface area (Å²) in [5.41, 5.74) is 2.27. The number of thiocarbonyl (C=S) groups is 1. The van der Waals surface area contributed by atoms with E-state index in [1.165, 1.54) is 12.0 Å². The minimum atomic E-state index is -0.577. The van der Waals surface area contributed by atoms with E-state index in [2.05, 4.69) is 10.6 Å². The van der Waals surface area contributed by atoms with Crippen molar-refractivity contribution < 1.29 is 19.1 Å². The third-order valence-electron chi connectivity index (χ3n) is 4.82. The second-order valence-corrected chi connectivity index (χ2v) is 8.70. The molecule has 9 heteroatoms. The van der Waals surface area contributed by atoms with Gasteiger partial charge >= 0.3 is 5.97 Å². The maximum atomic E-state index is 13.0. The van der Waals surface area contributed by atoms with Crippen LogP contribution in [0.25, 0.3) is 0 Å². The van der Waals surface area contributed by atoms with Crippen LogP contribution in [0.4, 0.5) is 10.7 Å². The topological polar surface area (TPSA) is 87.7 Å². The number of ketones is 1. The van der Waals surface area contributed by atoms with E-state index in [1.807, 2.05) is 6.07 Å². The van der Waals surface area contributed by atoms with Gasteiger partial charge in [0.15, 0.2) is 10.9 Å². The van der Waals surface area contributed by atoms with Crippen LogP contribution < -0.4 is 10.6 Å². The minimum Gasteiger partial charge on any atom is -0.465 e. The molecule has 33 heavy (non-hydrogen) atoms. The van der Waals surface area contributed by atoms with Crippen LogP contribution in [0.5, 0.6) is 0 Å². The Morgan fingerprint density at radius 1 is 0.970 bits per heavy atom. The Hall–Kier alpha value is -3.56. The standard InChI is InChI=1S/C24H23N3O4S2/c1-14-18(23(30)31-4)21(33-20(14)22(29)27(2)3)26-24(32)25-17-13-9-8-12-16(17)19(28)15-10-6-5-7-11-15/h5-13H,1-4H3,(H2,25,26,32). The van der Waals surface area contributed by atoms with E-state index in [0.717, 1.165) is 11.3 Å². The molecule has 0 bridgehead atoms. The highest BCUT2D eigenvalue weighted by molar-refractivity contribution is 7.80. The Balaban J connectivity index is 1.89. The van der Waals surface area contributed by atoms with E-state index in [0.29, 0.717) is 32.3 Å². The predicted molar refractivity (Wildman–Crippen MR) is 135 cm³/mol. The number of benzene rings is 2. The molecule has 170 valence electrons. The lowest BCUT2D eigenvalue weighted by molar-refractivity contribution is 0.0601. The van der Waals surface area contributed by atoms with E-state index in [9.17, 15) is 14.4 Å². The number of hydrogen-bond acceptors (Lipinski definition) is 6. The minimum absolute atomic E-state index is 0.150. The van der Waals surface area contributed by atoms with Crippen LogP contribution >= 0.6 is 23.6 Å². The first-order valence-electron chi connectivity index (χ1n) is 9.94. The normalized spacial score (nSPS) is 10.3. The number of methoxy groups -OCH3 is 1. The van der Waals surface area contributed by atoms with Crippen LogP contribution in [0.3, 0.4) is 0 Å². The number of nitrogens with zero attached hydrogens (tertiary/aromatic N) is 1. The molecule has 0 saturated carbocycles. The first-order valence-corrected chi connectivity index (χ1v) is 11.2. The highest BCUT2D eigenvalue weighted by atomic mass is 32.1. The number of hydrogen-bond donors (Lipinski definition) is 2. The number of anilines is 2. The molecule has 0 spiro atoms. The number of ether oxygens (including phenoxy) is 1. The largest absolute Gasteiger partial charge is 0.465 e. The van der Waals surface area contributed by atoms with Crippen molar-refractivity contribution in [2.45, 2.75) is 6.92 Å². The second-order valence-electron chi connectivity index (χ2n) is 7.27. The van der Waals surface area contributed by atoms with Gasteiger partial charge in [0.05, 0.1) is 23.2 Å². The molecule has 0 unspecified atom stereocenters. The van der Waals surface area contributed by atoms with Crippen LogP contribution in [0.2, 0.25) is 0 Å². The number of rotatable bonds is 6. The van der Waals surface area contributed by atoms with Gasteiger partial charge in [0.1, 0.15) is 5.00 Å². The summed E-state index contributed by atoms with van der Waals surface area (Å²) >= 11 is 6.57. The summed E-state index contributed by atoms with van der Waals surface area (Å²) in [5, 5.41) is 6.57. The summed E-state index contributed by atoms with van der Waals surface area (Å²) in [6.45, 7) is 1.69. The molecular weight excluding hydrogens is 458 g/mol. The SMILES string of the molecule is COC(=O)c1c(NC(=S)Nc2ccccc2C(=O)c2ccccc2)sc(C(=O)N(C)C)c1C. The Kier molecular flexibility index (Phi) is 7.57. The first kappa shape index (κ1) is 24.1. The van der Waals surface area contributed by atoms with Gasteiger partial charge in [0.25, 0.3) is 5.91 Å². The van der Waals surface area contributed by atoms with Gasteiger partial charge in [-0.3, -0.25) is 9.59 Å². The Morgan fingerprint density at radius 2 is 1.61 bits per heavy atom. The highest BCUT2D eigenvalue weighted by Crippen LogP contribution is 2.34. The molecular formula is C24H23N3O4S2. The van der Waals surface area contributed by atoms with Gasteiger partial charge in [0.2, 0.25) is 0 Å². The number of carbonyl (C=O) groups is 3. The van der Waals surface area contributed by atoms with E-state index in [4.69, 9.17) is 17.0 Å². The zero-order valence-corrected chi connectivity index (χ0v) is 20.2. The number of amides is 1. The first-order chi connectivity index (χ1) is 15.7. The number of thiophene rings is 1. The van der Waals surface area contributed by atoms with Crippen molar-refractivity contribution in [3.05, 3.63) is 81.7 Å². The van der Waals surface area contributed by atoms with Crippen molar-refractivity contribution in [2.24, 2.45) is 0 Å². The van der Waals surface area contributed by atoms with Crippen molar-refractivity contribution in [3.8, 4) is 0 Å². The molecule has 0 aliphatic heterocycles. The Labute approximate surface area is 201 Å². The maximum absolute atomic E-state index is 13.0. The third kappa shape index (κ3) is 5.27. The van der Waals surface area contributed by atoms with Crippen molar-refractivity contribution in [1.29, 1.82) is 0 Å². The molecule has 1 amide bonds. The van der Waals surface area contributed by atoms with Crippen LogP contribution in [-0.4, -0.2) is 48.9 Å². The van der Waals surface area contributed by atoms with E-state index in [-0.39, 0.29) is 22.4 Å². The summed E-state index contributed by atoms with van der Waals surface area (Å²) in [5.74, 6) is -0.956. The number of carbonyl (C=O) groups excluding carboxylic acids is 3. The number of nitrogens with one attached hydrogen (secondary N) is 2. The summed E-state index contributed by atoms with van der Waals surface area (Å²) in [4.78, 5) is 39.8. The zero-order chi connectivity index (χ0) is 24.1. The molecule has 0 aliphatic rings. The maximum Gasteiger partial charge on any atom is 0.341 e. The molecule has 0 atom stereocenters. The van der Waals surface area contributed by atoms with Crippen molar-refractivity contribution in [3.63, 3.8) is 0 Å². The molecule has 3 aromatic rings. The van der Waals surface area contributed by atoms with Crippen molar-refractivity contribution >= 4 is 57.0 Å². The molecule has 0 saturated heterocycles. The van der Waals surface area contributed by atoms with E-state index >= 15 is 0 Å². The van der Waals surface area contributed by atoms with Gasteiger partial charge in [-0.1, -0.05) is 42.5 Å². The highest BCUT2D eigenvalue weighted by Gasteiger charge is 2.26. The summed E-state index contributed by atoms with van der Waals surface area (Å²) in [6, 6.07) is 16.0. The molecule has 0 fully saturated rings. The molecule has 1 aromatic heterocycles.